The molecule has 0 saturated heterocycles. The molecular formula is C26H20N2O. The van der Waals surface area contributed by atoms with Crippen LogP contribution < -0.4 is 4.74 Å². The molecule has 0 aliphatic rings. The van der Waals surface area contributed by atoms with Crippen molar-refractivity contribution in [2.75, 3.05) is 7.11 Å². The van der Waals surface area contributed by atoms with Gasteiger partial charge in [0.05, 0.1) is 12.8 Å². The number of fused-ring (bicyclic) bond motifs is 1. The first-order valence-corrected chi connectivity index (χ1v) is 9.60. The Kier molecular flexibility index (Phi) is 4.34. The van der Waals surface area contributed by atoms with E-state index < -0.39 is 0 Å². The third kappa shape index (κ3) is 3.27. The Bertz CT molecular complexity index is 1260. The number of hydrogen-bond acceptors (Lipinski definition) is 2. The molecule has 5 aromatic rings. The molecule has 3 nitrogen and oxygen atoms in total. The molecule has 140 valence electrons. The monoisotopic (exact) mass is 376 g/mol. The number of nitrogens with zero attached hydrogens (tertiary/aromatic N) is 2. The molecule has 2 aromatic heterocycles. The molecule has 0 N–H and O–H groups in total. The van der Waals surface area contributed by atoms with E-state index >= 15 is 0 Å². The van der Waals surface area contributed by atoms with Crippen LogP contribution >= 0.6 is 0 Å². The minimum atomic E-state index is 0.854. The Labute approximate surface area is 169 Å². The third-order valence-electron chi connectivity index (χ3n) is 5.13. The lowest BCUT2D eigenvalue weighted by Crippen LogP contribution is -1.91. The van der Waals surface area contributed by atoms with E-state index in [0.29, 0.717) is 0 Å². The minimum absolute atomic E-state index is 0.854. The van der Waals surface area contributed by atoms with Gasteiger partial charge < -0.3 is 9.14 Å². The molecule has 0 aliphatic heterocycles. The van der Waals surface area contributed by atoms with Gasteiger partial charge in [-0.1, -0.05) is 72.8 Å². The molecular weight excluding hydrogens is 356 g/mol. The molecule has 0 bridgehead atoms. The van der Waals surface area contributed by atoms with Gasteiger partial charge in [-0.05, 0) is 34.9 Å². The topological polar surface area (TPSA) is 26.5 Å². The SMILES string of the molecule is COc1ccc(-c2cc(-c3ccccc3)c3nc(-c4ccccc4)cn3c2)cc1. The summed E-state index contributed by atoms with van der Waals surface area (Å²) in [7, 11) is 1.69. The fourth-order valence-corrected chi connectivity index (χ4v) is 3.62. The Morgan fingerprint density at radius 3 is 1.97 bits per heavy atom. The average Bonchev–Trinajstić information content (AvgIpc) is 3.24. The van der Waals surface area contributed by atoms with Gasteiger partial charge in [0, 0.05) is 23.5 Å². The zero-order valence-corrected chi connectivity index (χ0v) is 16.1. The molecule has 29 heavy (non-hydrogen) atoms. The second-order valence-corrected chi connectivity index (χ2v) is 6.96. The summed E-state index contributed by atoms with van der Waals surface area (Å²) in [5.74, 6) is 0.854. The van der Waals surface area contributed by atoms with E-state index in [1.165, 1.54) is 0 Å². The van der Waals surface area contributed by atoms with E-state index in [2.05, 4.69) is 71.4 Å². The summed E-state index contributed by atoms with van der Waals surface area (Å²) < 4.78 is 7.43. The highest BCUT2D eigenvalue weighted by Gasteiger charge is 2.12. The maximum Gasteiger partial charge on any atom is 0.145 e. The largest absolute Gasteiger partial charge is 0.497 e. The number of imidazole rings is 1. The second-order valence-electron chi connectivity index (χ2n) is 6.96. The van der Waals surface area contributed by atoms with Gasteiger partial charge in [-0.2, -0.15) is 0 Å². The maximum atomic E-state index is 5.31. The van der Waals surface area contributed by atoms with Crippen LogP contribution in [0.5, 0.6) is 5.75 Å². The van der Waals surface area contributed by atoms with Gasteiger partial charge in [0.15, 0.2) is 0 Å². The fraction of sp³-hybridized carbons (Fsp3) is 0.0385. The summed E-state index contributed by atoms with van der Waals surface area (Å²) in [4.78, 5) is 4.96. The summed E-state index contributed by atoms with van der Waals surface area (Å²) in [5, 5.41) is 0. The molecule has 0 atom stereocenters. The van der Waals surface area contributed by atoms with E-state index in [0.717, 1.165) is 44.9 Å². The van der Waals surface area contributed by atoms with Crippen molar-refractivity contribution in [2.45, 2.75) is 0 Å². The third-order valence-corrected chi connectivity index (χ3v) is 5.13. The van der Waals surface area contributed by atoms with Crippen molar-refractivity contribution in [1.82, 2.24) is 9.38 Å². The summed E-state index contributed by atoms with van der Waals surface area (Å²) in [5.41, 5.74) is 7.57. The van der Waals surface area contributed by atoms with Gasteiger partial charge in [0.2, 0.25) is 0 Å². The van der Waals surface area contributed by atoms with E-state index in [4.69, 9.17) is 9.72 Å². The van der Waals surface area contributed by atoms with E-state index in [-0.39, 0.29) is 0 Å². The summed E-state index contributed by atoms with van der Waals surface area (Å²) >= 11 is 0. The lowest BCUT2D eigenvalue weighted by atomic mass is 10.0. The first-order chi connectivity index (χ1) is 14.3. The highest BCUT2D eigenvalue weighted by Crippen LogP contribution is 2.32. The van der Waals surface area contributed by atoms with Crippen LogP contribution in [0.4, 0.5) is 0 Å². The average molecular weight is 376 g/mol. The lowest BCUT2D eigenvalue weighted by Gasteiger charge is -2.09. The Hall–Kier alpha value is -3.85. The van der Waals surface area contributed by atoms with Crippen molar-refractivity contribution in [3.8, 4) is 39.3 Å². The smallest absolute Gasteiger partial charge is 0.145 e. The van der Waals surface area contributed by atoms with Crippen molar-refractivity contribution in [1.29, 1.82) is 0 Å². The second kappa shape index (κ2) is 7.28. The van der Waals surface area contributed by atoms with Crippen molar-refractivity contribution in [3.63, 3.8) is 0 Å². The van der Waals surface area contributed by atoms with Crippen LogP contribution in [-0.4, -0.2) is 16.5 Å². The molecule has 0 amide bonds. The summed E-state index contributed by atoms with van der Waals surface area (Å²) in [6.07, 6.45) is 4.24. The molecule has 0 aliphatic carbocycles. The van der Waals surface area contributed by atoms with Gasteiger partial charge in [0.1, 0.15) is 11.4 Å². The first-order valence-electron chi connectivity index (χ1n) is 9.60. The fourth-order valence-electron chi connectivity index (χ4n) is 3.62. The highest BCUT2D eigenvalue weighted by molar-refractivity contribution is 5.84. The predicted molar refractivity (Wildman–Crippen MR) is 118 cm³/mol. The standard InChI is InChI=1S/C26H20N2O/c1-29-23-14-12-19(13-15-23)22-16-24(20-8-4-2-5-9-20)26-27-25(18-28(26)17-22)21-10-6-3-7-11-21/h2-18H,1H3. The number of aromatic nitrogens is 2. The van der Waals surface area contributed by atoms with E-state index in [9.17, 15) is 0 Å². The number of pyridine rings is 1. The molecule has 5 rings (SSSR count). The van der Waals surface area contributed by atoms with Crippen molar-refractivity contribution in [3.05, 3.63) is 103 Å². The van der Waals surface area contributed by atoms with E-state index in [1.54, 1.807) is 7.11 Å². The molecule has 3 heteroatoms. The number of hydrogen-bond donors (Lipinski definition) is 0. The van der Waals surface area contributed by atoms with E-state index in [1.807, 2.05) is 36.4 Å². The van der Waals surface area contributed by atoms with Gasteiger partial charge in [-0.3, -0.25) is 0 Å². The van der Waals surface area contributed by atoms with Gasteiger partial charge in [0.25, 0.3) is 0 Å². The Balaban J connectivity index is 1.73. The molecule has 0 radical (unpaired) electrons. The maximum absolute atomic E-state index is 5.31. The van der Waals surface area contributed by atoms with Crippen molar-refractivity contribution >= 4 is 5.65 Å². The van der Waals surface area contributed by atoms with Crippen LogP contribution in [0.2, 0.25) is 0 Å². The number of benzene rings is 3. The number of methoxy groups -OCH3 is 1. The molecule has 0 unspecified atom stereocenters. The van der Waals surface area contributed by atoms with Crippen molar-refractivity contribution < 1.29 is 4.74 Å². The Morgan fingerprint density at radius 1 is 0.655 bits per heavy atom. The summed E-state index contributed by atoms with van der Waals surface area (Å²) in [6.45, 7) is 0. The van der Waals surface area contributed by atoms with Crippen LogP contribution in [0.3, 0.4) is 0 Å². The molecule has 2 heterocycles. The Morgan fingerprint density at radius 2 is 1.31 bits per heavy atom. The first kappa shape index (κ1) is 17.3. The summed E-state index contributed by atoms with van der Waals surface area (Å²) in [6, 6.07) is 31.1. The van der Waals surface area contributed by atoms with Crippen molar-refractivity contribution in [2.24, 2.45) is 0 Å². The normalized spacial score (nSPS) is 10.9. The molecule has 0 spiro atoms. The number of ether oxygens (including phenoxy) is 1. The zero-order chi connectivity index (χ0) is 19.6. The van der Waals surface area contributed by atoms with Gasteiger partial charge >= 0.3 is 0 Å². The van der Waals surface area contributed by atoms with Gasteiger partial charge in [-0.15, -0.1) is 0 Å². The van der Waals surface area contributed by atoms with Crippen LogP contribution in [0.15, 0.2) is 103 Å². The number of rotatable bonds is 4. The molecule has 0 saturated carbocycles. The van der Waals surface area contributed by atoms with Crippen LogP contribution in [0.25, 0.3) is 39.2 Å². The van der Waals surface area contributed by atoms with Crippen LogP contribution in [0, 0.1) is 0 Å². The quantitative estimate of drug-likeness (QED) is 0.366. The molecule has 3 aromatic carbocycles. The minimum Gasteiger partial charge on any atom is -0.497 e. The lowest BCUT2D eigenvalue weighted by molar-refractivity contribution is 0.415. The van der Waals surface area contributed by atoms with Crippen LogP contribution in [0.1, 0.15) is 0 Å². The van der Waals surface area contributed by atoms with Gasteiger partial charge in [-0.25, -0.2) is 4.98 Å². The predicted octanol–water partition coefficient (Wildman–Crippen LogP) is 6.34. The van der Waals surface area contributed by atoms with Crippen LogP contribution in [-0.2, 0) is 0 Å². The molecule has 0 fully saturated rings. The highest BCUT2D eigenvalue weighted by atomic mass is 16.5. The zero-order valence-electron chi connectivity index (χ0n) is 16.1.